The second-order valence-corrected chi connectivity index (χ2v) is 6.59. The van der Waals surface area contributed by atoms with Gasteiger partial charge in [0.05, 0.1) is 12.2 Å². The second-order valence-electron chi connectivity index (χ2n) is 5.62. The van der Waals surface area contributed by atoms with Crippen LogP contribution in [0.5, 0.6) is 0 Å². The van der Waals surface area contributed by atoms with E-state index in [0.29, 0.717) is 0 Å². The molecular formula is C16H19N5O4S. The summed E-state index contributed by atoms with van der Waals surface area (Å²) in [5.74, 6) is -0.987. The van der Waals surface area contributed by atoms with E-state index < -0.39 is 17.2 Å². The normalized spacial score (nSPS) is 10.4. The van der Waals surface area contributed by atoms with Gasteiger partial charge >= 0.3 is 5.69 Å². The Balaban J connectivity index is 1.84. The third-order valence-electron chi connectivity index (χ3n) is 3.46. The van der Waals surface area contributed by atoms with Gasteiger partial charge in [0.25, 0.3) is 5.56 Å². The maximum Gasteiger partial charge on any atom is 0.346 e. The van der Waals surface area contributed by atoms with Crippen molar-refractivity contribution in [2.45, 2.75) is 18.4 Å². The summed E-state index contributed by atoms with van der Waals surface area (Å²) in [5.41, 5.74) is 5.40. The summed E-state index contributed by atoms with van der Waals surface area (Å²) < 4.78 is 1.93. The molecule has 2 N–H and O–H groups in total. The maximum absolute atomic E-state index is 11.9. The average Bonchev–Trinajstić information content (AvgIpc) is 2.62. The Kier molecular flexibility index (Phi) is 6.34. The molecule has 0 unspecified atom stereocenters. The summed E-state index contributed by atoms with van der Waals surface area (Å²) >= 11 is 0.882. The van der Waals surface area contributed by atoms with Gasteiger partial charge in [-0.25, -0.2) is 9.48 Å². The fourth-order valence-corrected chi connectivity index (χ4v) is 2.79. The Labute approximate surface area is 153 Å². The number of nitrogens with zero attached hydrogens (tertiary/aromatic N) is 3. The molecule has 0 aliphatic rings. The first-order valence-electron chi connectivity index (χ1n) is 7.68. The Morgan fingerprint density at radius 1 is 1.08 bits per heavy atom. The van der Waals surface area contributed by atoms with Crippen LogP contribution in [0, 0.1) is 6.92 Å². The van der Waals surface area contributed by atoms with E-state index in [2.05, 4.69) is 16.0 Å². The highest BCUT2D eigenvalue weighted by Gasteiger charge is 2.12. The van der Waals surface area contributed by atoms with Crippen molar-refractivity contribution >= 4 is 23.6 Å². The number of benzene rings is 1. The lowest BCUT2D eigenvalue weighted by molar-refractivity contribution is -0.127. The Bertz CT molecular complexity index is 933. The van der Waals surface area contributed by atoms with E-state index in [9.17, 15) is 19.2 Å². The molecule has 0 atom stereocenters. The molecule has 0 fully saturated rings. The van der Waals surface area contributed by atoms with Gasteiger partial charge in [0.2, 0.25) is 11.8 Å². The maximum atomic E-state index is 11.9. The topological polar surface area (TPSA) is 115 Å². The van der Waals surface area contributed by atoms with Crippen LogP contribution in [-0.4, -0.2) is 31.9 Å². The molecule has 2 rings (SSSR count). The quantitative estimate of drug-likeness (QED) is 0.524. The summed E-state index contributed by atoms with van der Waals surface area (Å²) in [4.78, 5) is 47.1. The summed E-state index contributed by atoms with van der Waals surface area (Å²) in [6.07, 6.45) is 0.136. The molecule has 0 aliphatic carbocycles. The van der Waals surface area contributed by atoms with Crippen LogP contribution in [0.3, 0.4) is 0 Å². The van der Waals surface area contributed by atoms with Gasteiger partial charge in [-0.05, 0) is 12.5 Å². The number of nitrogens with one attached hydrogen (secondary N) is 2. The molecule has 1 aromatic carbocycles. The number of hydrogen-bond acceptors (Lipinski definition) is 6. The molecule has 0 aliphatic heterocycles. The van der Waals surface area contributed by atoms with Crippen LogP contribution in [-0.2, 0) is 30.1 Å². The number of hydrazine groups is 1. The first-order chi connectivity index (χ1) is 12.3. The molecule has 26 heavy (non-hydrogen) atoms. The zero-order chi connectivity index (χ0) is 19.3. The molecule has 0 radical (unpaired) electrons. The van der Waals surface area contributed by atoms with Crippen LogP contribution in [0.4, 0.5) is 0 Å². The first-order valence-corrected chi connectivity index (χ1v) is 8.67. The summed E-state index contributed by atoms with van der Waals surface area (Å²) in [7, 11) is 2.75. The van der Waals surface area contributed by atoms with E-state index in [-0.39, 0.29) is 23.1 Å². The van der Waals surface area contributed by atoms with E-state index in [1.54, 1.807) is 0 Å². The zero-order valence-electron chi connectivity index (χ0n) is 14.6. The summed E-state index contributed by atoms with van der Waals surface area (Å²) in [6.45, 7) is 1.95. The molecule has 1 aromatic heterocycles. The number of aryl methyl sites for hydroxylation is 2. The van der Waals surface area contributed by atoms with Crippen molar-refractivity contribution in [1.29, 1.82) is 0 Å². The van der Waals surface area contributed by atoms with Crippen LogP contribution in [0.25, 0.3) is 0 Å². The van der Waals surface area contributed by atoms with Gasteiger partial charge in [-0.15, -0.1) is 0 Å². The number of aromatic nitrogens is 3. The minimum atomic E-state index is -0.575. The van der Waals surface area contributed by atoms with Crippen molar-refractivity contribution in [2.75, 3.05) is 5.75 Å². The van der Waals surface area contributed by atoms with Crippen LogP contribution >= 0.6 is 11.8 Å². The molecule has 0 spiro atoms. The third-order valence-corrected chi connectivity index (χ3v) is 4.40. The molecule has 0 saturated heterocycles. The van der Waals surface area contributed by atoms with Crippen molar-refractivity contribution in [3.8, 4) is 0 Å². The van der Waals surface area contributed by atoms with E-state index in [1.165, 1.54) is 14.1 Å². The number of carbonyl (C=O) groups is 2. The van der Waals surface area contributed by atoms with Crippen LogP contribution < -0.4 is 22.1 Å². The highest BCUT2D eigenvalue weighted by molar-refractivity contribution is 7.99. The van der Waals surface area contributed by atoms with Crippen molar-refractivity contribution < 1.29 is 9.59 Å². The van der Waals surface area contributed by atoms with Crippen LogP contribution in [0.1, 0.15) is 11.1 Å². The molecule has 138 valence electrons. The largest absolute Gasteiger partial charge is 0.346 e. The van der Waals surface area contributed by atoms with Gasteiger partial charge in [-0.2, -0.15) is 5.10 Å². The van der Waals surface area contributed by atoms with Crippen molar-refractivity contribution in [2.24, 2.45) is 14.1 Å². The van der Waals surface area contributed by atoms with E-state index in [0.717, 1.165) is 32.1 Å². The van der Waals surface area contributed by atoms with Crippen LogP contribution in [0.2, 0.25) is 0 Å². The summed E-state index contributed by atoms with van der Waals surface area (Å²) in [6, 6.07) is 7.48. The molecule has 9 nitrogen and oxygen atoms in total. The number of carbonyl (C=O) groups excluding carboxylic acids is 2. The molecule has 1 heterocycles. The molecule has 0 bridgehead atoms. The second kappa shape index (κ2) is 8.48. The first kappa shape index (κ1) is 19.4. The highest BCUT2D eigenvalue weighted by atomic mass is 32.2. The van der Waals surface area contributed by atoms with Crippen molar-refractivity contribution in [3.63, 3.8) is 0 Å². The lowest BCUT2D eigenvalue weighted by Gasteiger charge is -2.08. The fourth-order valence-electron chi connectivity index (χ4n) is 2.00. The number of rotatable bonds is 5. The van der Waals surface area contributed by atoms with Crippen LogP contribution in [0.15, 0.2) is 38.9 Å². The Morgan fingerprint density at radius 3 is 2.35 bits per heavy atom. The average molecular weight is 377 g/mol. The van der Waals surface area contributed by atoms with Crippen molar-refractivity contribution in [3.05, 3.63) is 56.2 Å². The minimum absolute atomic E-state index is 0.0238. The Hall–Kier alpha value is -2.88. The molecule has 10 heteroatoms. The molecule has 0 saturated carbocycles. The van der Waals surface area contributed by atoms with Gasteiger partial charge in [0, 0.05) is 14.1 Å². The standard InChI is InChI=1S/C16H19N5O4S/c1-10-4-6-11(7-5-10)8-12(22)17-18-13(23)9-26-14-15(24)20(2)16(25)21(3)19-14/h4-7H,8-9H2,1-3H3,(H,17,22)(H,18,23). The van der Waals surface area contributed by atoms with Gasteiger partial charge < -0.3 is 0 Å². The lowest BCUT2D eigenvalue weighted by Crippen LogP contribution is -2.43. The molecule has 2 amide bonds. The van der Waals surface area contributed by atoms with Gasteiger partial charge in [0.1, 0.15) is 0 Å². The number of thioether (sulfide) groups is 1. The minimum Gasteiger partial charge on any atom is -0.273 e. The number of hydrogen-bond donors (Lipinski definition) is 2. The predicted octanol–water partition coefficient (Wildman–Crippen LogP) is -0.730. The number of amides is 2. The molecule has 2 aromatic rings. The highest BCUT2D eigenvalue weighted by Crippen LogP contribution is 2.08. The van der Waals surface area contributed by atoms with E-state index in [4.69, 9.17) is 0 Å². The van der Waals surface area contributed by atoms with Gasteiger partial charge in [-0.1, -0.05) is 41.6 Å². The lowest BCUT2D eigenvalue weighted by atomic mass is 10.1. The van der Waals surface area contributed by atoms with Gasteiger partial charge in [0.15, 0.2) is 5.03 Å². The Morgan fingerprint density at radius 2 is 1.69 bits per heavy atom. The molecular weight excluding hydrogens is 358 g/mol. The fraction of sp³-hybridized carbons (Fsp3) is 0.312. The van der Waals surface area contributed by atoms with E-state index in [1.807, 2.05) is 31.2 Å². The monoisotopic (exact) mass is 377 g/mol. The van der Waals surface area contributed by atoms with E-state index >= 15 is 0 Å². The predicted molar refractivity (Wildman–Crippen MR) is 96.6 cm³/mol. The van der Waals surface area contributed by atoms with Gasteiger partial charge in [-0.3, -0.25) is 29.8 Å². The SMILES string of the molecule is Cc1ccc(CC(=O)NNC(=O)CSc2nn(C)c(=O)n(C)c2=O)cc1. The summed E-state index contributed by atoms with van der Waals surface area (Å²) in [5, 5.41) is 3.85. The zero-order valence-corrected chi connectivity index (χ0v) is 15.4. The third kappa shape index (κ3) is 5.06. The smallest absolute Gasteiger partial charge is 0.273 e. The van der Waals surface area contributed by atoms with Crippen molar-refractivity contribution in [1.82, 2.24) is 25.2 Å².